The monoisotopic (exact) mass is 337 g/mol. The van der Waals surface area contributed by atoms with E-state index in [1.165, 1.54) is 12.4 Å². The zero-order valence-corrected chi connectivity index (χ0v) is 13.3. The van der Waals surface area contributed by atoms with Gasteiger partial charge in [-0.15, -0.1) is 0 Å². The van der Waals surface area contributed by atoms with Gasteiger partial charge in [0.05, 0.1) is 12.8 Å². The highest BCUT2D eigenvalue weighted by atomic mass is 16.5. The molecule has 0 unspecified atom stereocenters. The van der Waals surface area contributed by atoms with Gasteiger partial charge in [0.15, 0.2) is 0 Å². The van der Waals surface area contributed by atoms with E-state index in [1.807, 2.05) is 12.1 Å². The maximum Gasteiger partial charge on any atom is 0.287 e. The number of amides is 2. The summed E-state index contributed by atoms with van der Waals surface area (Å²) in [5.74, 6) is -0.212. The Bertz CT molecular complexity index is 875. The number of hydrogen-bond acceptors (Lipinski definition) is 5. The Morgan fingerprint density at radius 3 is 2.36 bits per heavy atom. The Hall–Kier alpha value is -3.68. The van der Waals surface area contributed by atoms with Gasteiger partial charge in [0.25, 0.3) is 11.8 Å². The minimum absolute atomic E-state index is 0.223. The lowest BCUT2D eigenvalue weighted by Gasteiger charge is -2.05. The summed E-state index contributed by atoms with van der Waals surface area (Å²) >= 11 is 0. The molecule has 8 heteroatoms. The van der Waals surface area contributed by atoms with E-state index in [2.05, 4.69) is 26.0 Å². The summed E-state index contributed by atoms with van der Waals surface area (Å²) < 4.78 is 5.10. The Morgan fingerprint density at radius 2 is 1.68 bits per heavy atom. The lowest BCUT2D eigenvalue weighted by Crippen LogP contribution is -2.41. The average Bonchev–Trinajstić information content (AvgIpc) is 3.17. The predicted molar refractivity (Wildman–Crippen MR) is 89.7 cm³/mol. The molecule has 3 rings (SSSR count). The number of carbonyl (C=O) groups excluding carboxylic acids is 2. The van der Waals surface area contributed by atoms with Crippen molar-refractivity contribution in [2.24, 2.45) is 0 Å². The van der Waals surface area contributed by atoms with Gasteiger partial charge in [0.2, 0.25) is 0 Å². The number of pyridine rings is 1. The fourth-order valence-corrected chi connectivity index (χ4v) is 2.10. The van der Waals surface area contributed by atoms with E-state index in [0.717, 1.165) is 11.3 Å². The van der Waals surface area contributed by atoms with Crippen molar-refractivity contribution in [2.75, 3.05) is 7.11 Å². The highest BCUT2D eigenvalue weighted by molar-refractivity contribution is 5.98. The number of ether oxygens (including phenoxy) is 1. The molecular formula is C17H15N5O3. The minimum Gasteiger partial charge on any atom is -0.497 e. The predicted octanol–water partition coefficient (Wildman–Crippen LogP) is 1.56. The van der Waals surface area contributed by atoms with E-state index in [4.69, 9.17) is 4.74 Å². The summed E-state index contributed by atoms with van der Waals surface area (Å²) in [5, 5.41) is 6.74. The normalized spacial score (nSPS) is 10.1. The molecule has 25 heavy (non-hydrogen) atoms. The Morgan fingerprint density at radius 1 is 1.00 bits per heavy atom. The number of aromatic amines is 1. The van der Waals surface area contributed by atoms with Crippen molar-refractivity contribution in [1.82, 2.24) is 26.0 Å². The molecule has 1 aromatic carbocycles. The standard InChI is InChI=1S/C17H15N5O3/c1-25-13-4-2-11(3-5-13)14-10-15(20-19-14)17(24)22-21-16(23)12-6-8-18-9-7-12/h2-10H,1H3,(H,19,20)(H,21,23)(H,22,24). The third-order valence-electron chi connectivity index (χ3n) is 3.44. The van der Waals surface area contributed by atoms with E-state index < -0.39 is 11.8 Å². The smallest absolute Gasteiger partial charge is 0.287 e. The van der Waals surface area contributed by atoms with E-state index in [9.17, 15) is 9.59 Å². The summed E-state index contributed by atoms with van der Waals surface area (Å²) in [6.45, 7) is 0. The van der Waals surface area contributed by atoms with Crippen LogP contribution in [0.4, 0.5) is 0 Å². The van der Waals surface area contributed by atoms with E-state index >= 15 is 0 Å². The third-order valence-corrected chi connectivity index (χ3v) is 3.44. The number of carbonyl (C=O) groups is 2. The molecule has 0 saturated carbocycles. The van der Waals surface area contributed by atoms with Crippen LogP contribution in [0.15, 0.2) is 54.9 Å². The fraction of sp³-hybridized carbons (Fsp3) is 0.0588. The van der Waals surface area contributed by atoms with Crippen LogP contribution in [0, 0.1) is 0 Å². The molecule has 0 aliphatic heterocycles. The van der Waals surface area contributed by atoms with Crippen LogP contribution in [0.25, 0.3) is 11.3 Å². The first kappa shape index (κ1) is 16.2. The first-order valence-corrected chi connectivity index (χ1v) is 7.38. The minimum atomic E-state index is -0.505. The highest BCUT2D eigenvalue weighted by Gasteiger charge is 2.12. The summed E-state index contributed by atoms with van der Waals surface area (Å²) in [4.78, 5) is 27.8. The second kappa shape index (κ2) is 7.26. The molecule has 3 aromatic rings. The van der Waals surface area contributed by atoms with Crippen molar-refractivity contribution in [2.45, 2.75) is 0 Å². The number of nitrogens with zero attached hydrogens (tertiary/aromatic N) is 2. The lowest BCUT2D eigenvalue weighted by atomic mass is 10.1. The van der Waals surface area contributed by atoms with E-state index in [0.29, 0.717) is 11.3 Å². The van der Waals surface area contributed by atoms with Crippen molar-refractivity contribution in [3.63, 3.8) is 0 Å². The number of hydrogen-bond donors (Lipinski definition) is 3. The molecule has 0 aliphatic carbocycles. The first-order chi connectivity index (χ1) is 12.2. The summed E-state index contributed by atoms with van der Waals surface area (Å²) in [5.41, 5.74) is 6.71. The quantitative estimate of drug-likeness (QED) is 0.626. The van der Waals surface area contributed by atoms with Crippen molar-refractivity contribution in [3.05, 3.63) is 66.1 Å². The molecule has 0 bridgehead atoms. The SMILES string of the molecule is COc1ccc(-c2cc(C(=O)NNC(=O)c3ccncc3)[nH]n2)cc1. The summed E-state index contributed by atoms with van der Waals surface area (Å²) in [6.07, 6.45) is 2.99. The molecule has 2 amide bonds. The number of aromatic nitrogens is 3. The van der Waals surface area contributed by atoms with Gasteiger partial charge < -0.3 is 4.74 Å². The van der Waals surface area contributed by atoms with Crippen molar-refractivity contribution >= 4 is 11.8 Å². The number of rotatable bonds is 4. The number of methoxy groups -OCH3 is 1. The molecule has 0 atom stereocenters. The third kappa shape index (κ3) is 3.81. The summed E-state index contributed by atoms with van der Waals surface area (Å²) in [6, 6.07) is 12.0. The van der Waals surface area contributed by atoms with Crippen LogP contribution in [0.5, 0.6) is 5.75 Å². The average molecular weight is 337 g/mol. The van der Waals surface area contributed by atoms with Crippen molar-refractivity contribution < 1.29 is 14.3 Å². The Balaban J connectivity index is 1.63. The van der Waals surface area contributed by atoms with Crippen molar-refractivity contribution in [1.29, 1.82) is 0 Å². The molecular weight excluding hydrogens is 322 g/mol. The molecule has 126 valence electrons. The van der Waals surface area contributed by atoms with Crippen LogP contribution in [0.3, 0.4) is 0 Å². The second-order valence-corrected chi connectivity index (χ2v) is 5.04. The van der Waals surface area contributed by atoms with Crippen molar-refractivity contribution in [3.8, 4) is 17.0 Å². The van der Waals surface area contributed by atoms with Gasteiger partial charge in [-0.25, -0.2) is 0 Å². The molecule has 8 nitrogen and oxygen atoms in total. The largest absolute Gasteiger partial charge is 0.497 e. The van der Waals surface area contributed by atoms with Gasteiger partial charge in [-0.2, -0.15) is 5.10 Å². The van der Waals surface area contributed by atoms with Crippen LogP contribution < -0.4 is 15.6 Å². The van der Waals surface area contributed by atoms with Crippen LogP contribution >= 0.6 is 0 Å². The van der Waals surface area contributed by atoms with Crippen LogP contribution in [-0.2, 0) is 0 Å². The molecule has 0 aliphatic rings. The topological polar surface area (TPSA) is 109 Å². The van der Waals surface area contributed by atoms with Gasteiger partial charge in [-0.05, 0) is 42.5 Å². The van der Waals surface area contributed by atoms with Gasteiger partial charge in [0.1, 0.15) is 11.4 Å². The molecule has 3 N–H and O–H groups in total. The molecule has 0 fully saturated rings. The zero-order chi connectivity index (χ0) is 17.6. The van der Waals surface area contributed by atoms with Gasteiger partial charge in [-0.1, -0.05) is 0 Å². The van der Waals surface area contributed by atoms with Crippen LogP contribution in [0.2, 0.25) is 0 Å². The number of hydrazine groups is 1. The maximum atomic E-state index is 12.1. The molecule has 0 saturated heterocycles. The van der Waals surface area contributed by atoms with E-state index in [-0.39, 0.29) is 5.69 Å². The van der Waals surface area contributed by atoms with Crippen LogP contribution in [0.1, 0.15) is 20.8 Å². The molecule has 2 aromatic heterocycles. The van der Waals surface area contributed by atoms with Crippen LogP contribution in [-0.4, -0.2) is 34.1 Å². The lowest BCUT2D eigenvalue weighted by molar-refractivity contribution is 0.0844. The maximum absolute atomic E-state index is 12.1. The van der Waals surface area contributed by atoms with E-state index in [1.54, 1.807) is 37.4 Å². The number of benzene rings is 1. The molecule has 2 heterocycles. The van der Waals surface area contributed by atoms with Gasteiger partial charge in [-0.3, -0.25) is 30.5 Å². The number of H-pyrrole nitrogens is 1. The molecule has 0 radical (unpaired) electrons. The zero-order valence-electron chi connectivity index (χ0n) is 13.3. The first-order valence-electron chi connectivity index (χ1n) is 7.38. The van der Waals surface area contributed by atoms with Gasteiger partial charge >= 0.3 is 0 Å². The Labute approximate surface area is 143 Å². The Kier molecular flexibility index (Phi) is 4.70. The summed E-state index contributed by atoms with van der Waals surface area (Å²) in [7, 11) is 1.59. The fourth-order valence-electron chi connectivity index (χ4n) is 2.10. The molecule has 0 spiro atoms. The van der Waals surface area contributed by atoms with Gasteiger partial charge in [0, 0.05) is 23.5 Å². The second-order valence-electron chi connectivity index (χ2n) is 5.04. The number of nitrogens with one attached hydrogen (secondary N) is 3. The highest BCUT2D eigenvalue weighted by Crippen LogP contribution is 2.20.